The first-order valence-electron chi connectivity index (χ1n) is 11.2. The number of imidazole rings is 1. The first-order chi connectivity index (χ1) is 16.5. The Morgan fingerprint density at radius 1 is 1.18 bits per heavy atom. The van der Waals surface area contributed by atoms with Crippen molar-refractivity contribution >= 4 is 34.7 Å². The number of fused-ring (bicyclic) bond motifs is 1. The van der Waals surface area contributed by atoms with E-state index in [9.17, 15) is 14.9 Å². The molecule has 1 heterocycles. The number of nitriles is 1. The van der Waals surface area contributed by atoms with E-state index < -0.39 is 24.0 Å². The minimum absolute atomic E-state index is 0.00295. The molecule has 4 rings (SSSR count). The molecule has 0 spiro atoms. The molecule has 1 saturated carbocycles. The van der Waals surface area contributed by atoms with Crippen LogP contribution in [-0.4, -0.2) is 45.9 Å². The molecular weight excluding hydrogens is 452 g/mol. The van der Waals surface area contributed by atoms with Crippen molar-refractivity contribution in [3.63, 3.8) is 0 Å². The number of amides is 1. The first kappa shape index (κ1) is 23.6. The predicted molar refractivity (Wildman–Crippen MR) is 129 cm³/mol. The zero-order valence-corrected chi connectivity index (χ0v) is 19.8. The highest BCUT2D eigenvalue weighted by Gasteiger charge is 2.35. The Morgan fingerprint density at radius 2 is 1.91 bits per heavy atom. The normalized spacial score (nSPS) is 14.5. The number of thioether (sulfide) groups is 1. The van der Waals surface area contributed by atoms with E-state index in [1.54, 1.807) is 0 Å². The smallest absolute Gasteiger partial charge is 0.316 e. The lowest BCUT2D eigenvalue weighted by molar-refractivity contribution is -0.146. The van der Waals surface area contributed by atoms with Crippen LogP contribution in [-0.2, 0) is 14.3 Å². The van der Waals surface area contributed by atoms with Crippen molar-refractivity contribution in [1.82, 2.24) is 14.9 Å². The SMILES string of the molecule is CCOc1ccc(-n2c(SCC(=O)OCC(=O)NC3(C#N)CCCC3)nc3ccccc32)cc1. The molecule has 1 fully saturated rings. The Hall–Kier alpha value is -3.51. The third kappa shape index (κ3) is 5.34. The van der Waals surface area contributed by atoms with Gasteiger partial charge in [-0.2, -0.15) is 5.26 Å². The number of hydrogen-bond acceptors (Lipinski definition) is 7. The standard InChI is InChI=1S/C25H26N4O4S/c1-2-32-19-11-9-18(10-12-19)29-21-8-4-3-7-20(21)27-24(29)34-16-23(31)33-15-22(30)28-25(17-26)13-5-6-14-25/h3-4,7-12H,2,5-6,13-16H2,1H3,(H,28,30). The largest absolute Gasteiger partial charge is 0.494 e. The van der Waals surface area contributed by atoms with Crippen LogP contribution in [0.25, 0.3) is 16.7 Å². The monoisotopic (exact) mass is 478 g/mol. The van der Waals surface area contributed by atoms with Crippen LogP contribution < -0.4 is 10.1 Å². The summed E-state index contributed by atoms with van der Waals surface area (Å²) in [6.45, 7) is 2.12. The molecule has 34 heavy (non-hydrogen) atoms. The highest BCUT2D eigenvalue weighted by Crippen LogP contribution is 2.30. The molecule has 0 aliphatic heterocycles. The molecule has 0 radical (unpaired) electrons. The second-order valence-electron chi connectivity index (χ2n) is 8.04. The molecule has 0 atom stereocenters. The van der Waals surface area contributed by atoms with Gasteiger partial charge in [0.2, 0.25) is 0 Å². The lowest BCUT2D eigenvalue weighted by atomic mass is 10.00. The zero-order valence-electron chi connectivity index (χ0n) is 19.0. The van der Waals surface area contributed by atoms with Crippen LogP contribution in [0.15, 0.2) is 53.7 Å². The number of benzene rings is 2. The fourth-order valence-electron chi connectivity index (χ4n) is 4.07. The maximum Gasteiger partial charge on any atom is 0.316 e. The van der Waals surface area contributed by atoms with Gasteiger partial charge in [0, 0.05) is 5.69 Å². The summed E-state index contributed by atoms with van der Waals surface area (Å²) < 4.78 is 12.7. The number of aromatic nitrogens is 2. The Kier molecular flexibility index (Phi) is 7.38. The Morgan fingerprint density at radius 3 is 2.62 bits per heavy atom. The Bertz CT molecular complexity index is 1210. The van der Waals surface area contributed by atoms with Crippen molar-refractivity contribution in [1.29, 1.82) is 5.26 Å². The molecule has 176 valence electrons. The van der Waals surface area contributed by atoms with E-state index in [1.807, 2.05) is 60.0 Å². The van der Waals surface area contributed by atoms with Crippen LogP contribution in [0.1, 0.15) is 32.6 Å². The molecule has 1 amide bonds. The van der Waals surface area contributed by atoms with Gasteiger partial charge in [-0.15, -0.1) is 0 Å². The molecule has 9 heteroatoms. The molecular formula is C25H26N4O4S. The molecule has 1 aromatic heterocycles. The average molecular weight is 479 g/mol. The minimum atomic E-state index is -0.833. The lowest BCUT2D eigenvalue weighted by Crippen LogP contribution is -2.46. The van der Waals surface area contributed by atoms with Crippen LogP contribution in [0.5, 0.6) is 5.75 Å². The number of esters is 1. The van der Waals surface area contributed by atoms with Crippen molar-refractivity contribution in [2.45, 2.75) is 43.3 Å². The average Bonchev–Trinajstić information content (AvgIpc) is 3.47. The van der Waals surface area contributed by atoms with E-state index in [4.69, 9.17) is 9.47 Å². The maximum absolute atomic E-state index is 12.3. The van der Waals surface area contributed by atoms with Crippen LogP contribution in [0.4, 0.5) is 0 Å². The van der Waals surface area contributed by atoms with Gasteiger partial charge in [0.15, 0.2) is 11.8 Å². The molecule has 1 aliphatic rings. The number of nitrogens with zero attached hydrogens (tertiary/aromatic N) is 3. The molecule has 1 N–H and O–H groups in total. The summed E-state index contributed by atoms with van der Waals surface area (Å²) in [5.74, 6) is -0.203. The van der Waals surface area contributed by atoms with E-state index >= 15 is 0 Å². The minimum Gasteiger partial charge on any atom is -0.494 e. The van der Waals surface area contributed by atoms with Crippen LogP contribution >= 0.6 is 11.8 Å². The summed E-state index contributed by atoms with van der Waals surface area (Å²) in [4.78, 5) is 29.2. The van der Waals surface area contributed by atoms with E-state index in [0.29, 0.717) is 24.6 Å². The summed E-state index contributed by atoms with van der Waals surface area (Å²) in [5.41, 5.74) is 1.79. The van der Waals surface area contributed by atoms with Crippen LogP contribution in [0.3, 0.4) is 0 Å². The van der Waals surface area contributed by atoms with Gasteiger partial charge in [0.05, 0.1) is 29.5 Å². The number of nitrogens with one attached hydrogen (secondary N) is 1. The molecule has 8 nitrogen and oxygen atoms in total. The Labute approximate surface area is 202 Å². The molecule has 2 aromatic carbocycles. The second kappa shape index (κ2) is 10.6. The number of hydrogen-bond donors (Lipinski definition) is 1. The summed E-state index contributed by atoms with van der Waals surface area (Å²) in [6, 6.07) is 17.6. The summed E-state index contributed by atoms with van der Waals surface area (Å²) in [7, 11) is 0. The van der Waals surface area contributed by atoms with Gasteiger partial charge in [-0.1, -0.05) is 23.9 Å². The molecule has 0 saturated heterocycles. The summed E-state index contributed by atoms with van der Waals surface area (Å²) in [6.07, 6.45) is 3.06. The summed E-state index contributed by atoms with van der Waals surface area (Å²) >= 11 is 1.24. The third-order valence-electron chi connectivity index (χ3n) is 5.67. The van der Waals surface area contributed by atoms with E-state index in [2.05, 4.69) is 16.4 Å². The van der Waals surface area contributed by atoms with Gasteiger partial charge in [0.25, 0.3) is 5.91 Å². The third-order valence-corrected chi connectivity index (χ3v) is 6.58. The number of carbonyl (C=O) groups is 2. The number of rotatable bonds is 9. The predicted octanol–water partition coefficient (Wildman–Crippen LogP) is 4.01. The maximum atomic E-state index is 12.3. The van der Waals surface area contributed by atoms with Gasteiger partial charge < -0.3 is 14.8 Å². The lowest BCUT2D eigenvalue weighted by Gasteiger charge is -2.21. The first-order valence-corrected chi connectivity index (χ1v) is 12.2. The van der Waals surface area contributed by atoms with Crippen molar-refractivity contribution in [2.24, 2.45) is 0 Å². The van der Waals surface area contributed by atoms with Crippen LogP contribution in [0, 0.1) is 11.3 Å². The van der Waals surface area contributed by atoms with Gasteiger partial charge in [-0.3, -0.25) is 14.2 Å². The topological polar surface area (TPSA) is 106 Å². The van der Waals surface area contributed by atoms with Gasteiger partial charge in [0.1, 0.15) is 11.3 Å². The molecule has 1 aliphatic carbocycles. The van der Waals surface area contributed by atoms with Crippen LogP contribution in [0.2, 0.25) is 0 Å². The fraction of sp³-hybridized carbons (Fsp3) is 0.360. The Balaban J connectivity index is 1.41. The quantitative estimate of drug-likeness (QED) is 0.366. The van der Waals surface area contributed by atoms with Crippen molar-refractivity contribution < 1.29 is 19.1 Å². The second-order valence-corrected chi connectivity index (χ2v) is 8.99. The van der Waals surface area contributed by atoms with E-state index in [0.717, 1.165) is 35.3 Å². The number of para-hydroxylation sites is 2. The zero-order chi connectivity index (χ0) is 24.0. The van der Waals surface area contributed by atoms with E-state index in [-0.39, 0.29) is 5.75 Å². The van der Waals surface area contributed by atoms with Crippen molar-refractivity contribution in [3.05, 3.63) is 48.5 Å². The van der Waals surface area contributed by atoms with Gasteiger partial charge >= 0.3 is 5.97 Å². The fourth-order valence-corrected chi connectivity index (χ4v) is 4.89. The molecule has 0 unspecified atom stereocenters. The van der Waals surface area contributed by atoms with Gasteiger partial charge in [-0.25, -0.2) is 4.98 Å². The van der Waals surface area contributed by atoms with Gasteiger partial charge in [-0.05, 0) is 69.0 Å². The van der Waals surface area contributed by atoms with Crippen molar-refractivity contribution in [3.8, 4) is 17.5 Å². The van der Waals surface area contributed by atoms with E-state index in [1.165, 1.54) is 11.8 Å². The number of carbonyl (C=O) groups excluding carboxylic acids is 2. The highest BCUT2D eigenvalue weighted by atomic mass is 32.2. The highest BCUT2D eigenvalue weighted by molar-refractivity contribution is 7.99. The molecule has 3 aromatic rings. The molecule has 0 bridgehead atoms. The number of ether oxygens (including phenoxy) is 2. The van der Waals surface area contributed by atoms with Crippen molar-refractivity contribution in [2.75, 3.05) is 19.0 Å². The summed E-state index contributed by atoms with van der Waals surface area (Å²) in [5, 5.41) is 12.7.